The summed E-state index contributed by atoms with van der Waals surface area (Å²) in [6.07, 6.45) is 0.868. The van der Waals surface area contributed by atoms with Gasteiger partial charge < -0.3 is 20.3 Å². The quantitative estimate of drug-likeness (QED) is 0.635. The Hall–Kier alpha value is -2.83. The molecule has 0 aliphatic heterocycles. The molecule has 1 rings (SSSR count). The molecule has 1 aromatic rings. The van der Waals surface area contributed by atoms with E-state index in [4.69, 9.17) is 4.74 Å². The van der Waals surface area contributed by atoms with E-state index in [1.807, 2.05) is 45.9 Å². The first kappa shape index (κ1) is 25.2. The third-order valence-corrected chi connectivity index (χ3v) is 3.98. The largest absolute Gasteiger partial charge is 0.444 e. The first-order chi connectivity index (χ1) is 13.8. The Morgan fingerprint density at radius 3 is 2.17 bits per heavy atom. The van der Waals surface area contributed by atoms with Crippen molar-refractivity contribution in [2.45, 2.75) is 66.2 Å². The van der Waals surface area contributed by atoms with Crippen LogP contribution >= 0.6 is 0 Å². The molecular weight excluding hydrogens is 382 g/mol. The number of alkyl carbamates (subject to hydrolysis) is 1. The van der Waals surface area contributed by atoms with Crippen LogP contribution in [-0.2, 0) is 14.3 Å². The minimum atomic E-state index is -0.850. The van der Waals surface area contributed by atoms with Gasteiger partial charge in [-0.3, -0.25) is 9.59 Å². The number of rotatable bonds is 8. The van der Waals surface area contributed by atoms with Crippen molar-refractivity contribution in [3.8, 4) is 0 Å². The van der Waals surface area contributed by atoms with E-state index in [0.29, 0.717) is 5.56 Å². The van der Waals surface area contributed by atoms with Crippen molar-refractivity contribution in [1.29, 1.82) is 0 Å². The van der Waals surface area contributed by atoms with Crippen LogP contribution < -0.4 is 10.6 Å². The molecule has 7 heteroatoms. The highest BCUT2D eigenvalue weighted by molar-refractivity contribution is 5.90. The molecule has 0 saturated carbocycles. The average Bonchev–Trinajstić information content (AvgIpc) is 2.56. The highest BCUT2D eigenvalue weighted by Crippen LogP contribution is 2.24. The van der Waals surface area contributed by atoms with Gasteiger partial charge in [0.05, 0.1) is 0 Å². The maximum absolute atomic E-state index is 13.1. The lowest BCUT2D eigenvalue weighted by molar-refractivity contribution is -0.139. The van der Waals surface area contributed by atoms with E-state index in [0.717, 1.165) is 11.1 Å². The van der Waals surface area contributed by atoms with Gasteiger partial charge in [-0.15, -0.1) is 6.58 Å². The average molecular weight is 418 g/mol. The van der Waals surface area contributed by atoms with E-state index >= 15 is 0 Å². The second kappa shape index (κ2) is 10.8. The maximum Gasteiger partial charge on any atom is 0.408 e. The molecule has 1 aromatic carbocycles. The summed E-state index contributed by atoms with van der Waals surface area (Å²) in [5.41, 5.74) is 2.01. The molecule has 0 heterocycles. The molecule has 0 aliphatic rings. The third kappa shape index (κ3) is 8.27. The van der Waals surface area contributed by atoms with Crippen molar-refractivity contribution in [2.75, 3.05) is 13.1 Å². The van der Waals surface area contributed by atoms with E-state index in [2.05, 4.69) is 17.2 Å². The van der Waals surface area contributed by atoms with Crippen LogP contribution in [0.25, 0.3) is 0 Å². The normalized spacial score (nSPS) is 12.1. The molecule has 0 fully saturated rings. The smallest absolute Gasteiger partial charge is 0.408 e. The summed E-state index contributed by atoms with van der Waals surface area (Å²) < 4.78 is 5.18. The number of ether oxygens (including phenoxy) is 1. The highest BCUT2D eigenvalue weighted by Gasteiger charge is 2.31. The maximum atomic E-state index is 13.1. The Morgan fingerprint density at radius 2 is 1.70 bits per heavy atom. The molecule has 1 atom stereocenters. The van der Waals surface area contributed by atoms with Crippen molar-refractivity contribution in [3.05, 3.63) is 47.5 Å². The number of carbonyl (C=O) groups is 3. The predicted molar refractivity (Wildman–Crippen MR) is 118 cm³/mol. The van der Waals surface area contributed by atoms with Gasteiger partial charge in [-0.25, -0.2) is 4.79 Å². The first-order valence-corrected chi connectivity index (χ1v) is 10.1. The Labute approximate surface area is 179 Å². The molecule has 7 nitrogen and oxygen atoms in total. The topological polar surface area (TPSA) is 87.7 Å². The Kier molecular flexibility index (Phi) is 9.08. The number of hydrogen-bond acceptors (Lipinski definition) is 4. The SMILES string of the molecule is C=CCN(C(=O)CNC(=O)OC(C)(C)C)C(C(=O)NC(C)C)c1cc(C)cc(C)c1. The first-order valence-electron chi connectivity index (χ1n) is 10.1. The van der Waals surface area contributed by atoms with Gasteiger partial charge in [0.2, 0.25) is 11.8 Å². The number of hydrogen-bond donors (Lipinski definition) is 2. The minimum Gasteiger partial charge on any atom is -0.444 e. The fourth-order valence-corrected chi connectivity index (χ4v) is 3.06. The molecule has 2 N–H and O–H groups in total. The summed E-state index contributed by atoms with van der Waals surface area (Å²) in [7, 11) is 0. The molecule has 0 radical (unpaired) electrons. The second-order valence-corrected chi connectivity index (χ2v) is 8.68. The molecule has 1 unspecified atom stereocenters. The Balaban J connectivity index is 3.20. The number of nitrogens with one attached hydrogen (secondary N) is 2. The second-order valence-electron chi connectivity index (χ2n) is 8.68. The number of nitrogens with zero attached hydrogens (tertiary/aromatic N) is 1. The summed E-state index contributed by atoms with van der Waals surface area (Å²) in [4.78, 5) is 39.4. The summed E-state index contributed by atoms with van der Waals surface area (Å²) in [5.74, 6) is -0.703. The van der Waals surface area contributed by atoms with E-state index in [-0.39, 0.29) is 25.0 Å². The summed E-state index contributed by atoms with van der Waals surface area (Å²) in [6, 6.07) is 4.85. The van der Waals surface area contributed by atoms with Gasteiger partial charge in [0.15, 0.2) is 0 Å². The fraction of sp³-hybridized carbons (Fsp3) is 0.522. The Morgan fingerprint density at radius 1 is 1.13 bits per heavy atom. The molecule has 0 aromatic heterocycles. The number of aryl methyl sites for hydroxylation is 2. The van der Waals surface area contributed by atoms with Crippen molar-refractivity contribution < 1.29 is 19.1 Å². The predicted octanol–water partition coefficient (Wildman–Crippen LogP) is 3.41. The van der Waals surface area contributed by atoms with E-state index < -0.39 is 23.6 Å². The molecule has 0 bridgehead atoms. The molecule has 0 spiro atoms. The molecule has 30 heavy (non-hydrogen) atoms. The monoisotopic (exact) mass is 417 g/mol. The molecule has 3 amide bonds. The Bertz CT molecular complexity index is 761. The van der Waals surface area contributed by atoms with E-state index in [1.54, 1.807) is 26.8 Å². The zero-order chi connectivity index (χ0) is 23.1. The lowest BCUT2D eigenvalue weighted by atomic mass is 9.99. The summed E-state index contributed by atoms with van der Waals surface area (Å²) >= 11 is 0. The number of amides is 3. The highest BCUT2D eigenvalue weighted by atomic mass is 16.6. The minimum absolute atomic E-state index is 0.0912. The van der Waals surface area contributed by atoms with Gasteiger partial charge in [-0.1, -0.05) is 35.4 Å². The lowest BCUT2D eigenvalue weighted by Gasteiger charge is -2.31. The zero-order valence-corrected chi connectivity index (χ0v) is 19.2. The lowest BCUT2D eigenvalue weighted by Crippen LogP contribution is -2.48. The van der Waals surface area contributed by atoms with Gasteiger partial charge in [0.25, 0.3) is 0 Å². The van der Waals surface area contributed by atoms with Crippen LogP contribution in [0, 0.1) is 13.8 Å². The van der Waals surface area contributed by atoms with Crippen LogP contribution in [-0.4, -0.2) is 47.5 Å². The van der Waals surface area contributed by atoms with Gasteiger partial charge >= 0.3 is 6.09 Å². The van der Waals surface area contributed by atoms with Crippen LogP contribution in [0.15, 0.2) is 30.9 Å². The van der Waals surface area contributed by atoms with E-state index in [1.165, 1.54) is 4.90 Å². The van der Waals surface area contributed by atoms with Crippen molar-refractivity contribution in [2.24, 2.45) is 0 Å². The van der Waals surface area contributed by atoms with Crippen LogP contribution in [0.1, 0.15) is 57.4 Å². The molecule has 0 aliphatic carbocycles. The van der Waals surface area contributed by atoms with Crippen molar-refractivity contribution in [1.82, 2.24) is 15.5 Å². The van der Waals surface area contributed by atoms with Gasteiger partial charge in [-0.05, 0) is 54.0 Å². The van der Waals surface area contributed by atoms with Crippen LogP contribution in [0.3, 0.4) is 0 Å². The van der Waals surface area contributed by atoms with Gasteiger partial charge in [0, 0.05) is 12.6 Å². The van der Waals surface area contributed by atoms with Crippen LogP contribution in [0.5, 0.6) is 0 Å². The van der Waals surface area contributed by atoms with Gasteiger partial charge in [-0.2, -0.15) is 0 Å². The van der Waals surface area contributed by atoms with Crippen LogP contribution in [0.4, 0.5) is 4.79 Å². The zero-order valence-electron chi connectivity index (χ0n) is 19.2. The summed E-state index contributed by atoms with van der Waals surface area (Å²) in [5, 5.41) is 5.36. The number of carbonyl (C=O) groups excluding carboxylic acids is 3. The van der Waals surface area contributed by atoms with Crippen molar-refractivity contribution in [3.63, 3.8) is 0 Å². The number of benzene rings is 1. The molecule has 0 saturated heterocycles. The molecular formula is C23H35N3O4. The van der Waals surface area contributed by atoms with Crippen molar-refractivity contribution >= 4 is 17.9 Å². The van der Waals surface area contributed by atoms with Crippen LogP contribution in [0.2, 0.25) is 0 Å². The fourth-order valence-electron chi connectivity index (χ4n) is 3.06. The molecule has 166 valence electrons. The third-order valence-electron chi connectivity index (χ3n) is 3.98. The standard InChI is InChI=1S/C23H35N3O4/c1-9-10-26(19(27)14-24-22(29)30-23(6,7)8)20(21(28)25-15(2)3)18-12-16(4)11-17(5)13-18/h9,11-13,15,20H,1,10,14H2,2-8H3,(H,24,29)(H,25,28). The van der Waals surface area contributed by atoms with Gasteiger partial charge in [0.1, 0.15) is 18.2 Å². The van der Waals surface area contributed by atoms with E-state index in [9.17, 15) is 14.4 Å². The summed E-state index contributed by atoms with van der Waals surface area (Å²) in [6.45, 7) is 16.4.